The minimum absolute atomic E-state index is 1.20. The van der Waals surface area contributed by atoms with Gasteiger partial charge in [0.1, 0.15) is 0 Å². The van der Waals surface area contributed by atoms with Gasteiger partial charge >= 0.3 is 0 Å². The van der Waals surface area contributed by atoms with E-state index >= 15 is 0 Å². The van der Waals surface area contributed by atoms with E-state index in [1.165, 1.54) is 11.1 Å². The zero-order chi connectivity index (χ0) is 7.40. The van der Waals surface area contributed by atoms with Crippen molar-refractivity contribution in [3.8, 4) is 0 Å². The second-order valence-electron chi connectivity index (χ2n) is 2.23. The van der Waals surface area contributed by atoms with Crippen LogP contribution in [0.1, 0.15) is 11.1 Å². The number of aryl methyl sites for hydroxylation is 1. The van der Waals surface area contributed by atoms with E-state index in [2.05, 4.69) is 43.8 Å². The first-order valence-electron chi connectivity index (χ1n) is 3.20. The highest BCUT2D eigenvalue weighted by atomic mass is 32.1. The van der Waals surface area contributed by atoms with Crippen molar-refractivity contribution in [3.05, 3.63) is 40.8 Å². The van der Waals surface area contributed by atoms with Crippen molar-refractivity contribution in [2.45, 2.75) is 6.92 Å². The Balaban J connectivity index is 2.89. The third-order valence-electron chi connectivity index (χ3n) is 1.34. The SMILES string of the molecule is Cc1ccc(/C=C\S)cc1. The number of hydrogen-bond acceptors (Lipinski definition) is 1. The molecular formula is C9H10S. The molecule has 0 aliphatic rings. The number of hydrogen-bond donors (Lipinski definition) is 1. The first kappa shape index (κ1) is 7.42. The maximum atomic E-state index is 3.98. The van der Waals surface area contributed by atoms with Crippen LogP contribution in [0.2, 0.25) is 0 Å². The van der Waals surface area contributed by atoms with Gasteiger partial charge in [-0.3, -0.25) is 0 Å². The fourth-order valence-electron chi connectivity index (χ4n) is 0.764. The van der Waals surface area contributed by atoms with Crippen molar-refractivity contribution in [1.82, 2.24) is 0 Å². The lowest BCUT2D eigenvalue weighted by Crippen LogP contribution is -1.71. The van der Waals surface area contributed by atoms with E-state index in [1.54, 1.807) is 5.41 Å². The van der Waals surface area contributed by atoms with Gasteiger partial charge in [0.25, 0.3) is 0 Å². The standard InChI is InChI=1S/C9H10S/c1-8-2-4-9(5-3-8)6-7-10/h2-7,10H,1H3/b7-6-. The molecule has 0 fully saturated rings. The molecule has 0 radical (unpaired) electrons. The number of benzene rings is 1. The van der Waals surface area contributed by atoms with E-state index in [9.17, 15) is 0 Å². The molecule has 0 saturated carbocycles. The van der Waals surface area contributed by atoms with Crippen LogP contribution in [0.5, 0.6) is 0 Å². The van der Waals surface area contributed by atoms with Crippen LogP contribution in [-0.2, 0) is 0 Å². The van der Waals surface area contributed by atoms with Crippen LogP contribution >= 0.6 is 12.6 Å². The monoisotopic (exact) mass is 150 g/mol. The van der Waals surface area contributed by atoms with E-state index < -0.39 is 0 Å². The Labute approximate surface area is 67.0 Å². The molecule has 0 atom stereocenters. The molecule has 0 bridgehead atoms. The van der Waals surface area contributed by atoms with Gasteiger partial charge in [0, 0.05) is 0 Å². The van der Waals surface area contributed by atoms with Gasteiger partial charge in [-0.25, -0.2) is 0 Å². The van der Waals surface area contributed by atoms with Crippen molar-refractivity contribution >= 4 is 18.7 Å². The summed E-state index contributed by atoms with van der Waals surface area (Å²) in [7, 11) is 0. The van der Waals surface area contributed by atoms with Crippen LogP contribution in [-0.4, -0.2) is 0 Å². The van der Waals surface area contributed by atoms with Crippen molar-refractivity contribution in [2.24, 2.45) is 0 Å². The highest BCUT2D eigenvalue weighted by molar-refractivity contribution is 7.83. The third kappa shape index (κ3) is 1.92. The van der Waals surface area contributed by atoms with E-state index in [-0.39, 0.29) is 0 Å². The lowest BCUT2D eigenvalue weighted by Gasteiger charge is -1.92. The molecule has 0 saturated heterocycles. The van der Waals surface area contributed by atoms with Crippen LogP contribution < -0.4 is 0 Å². The summed E-state index contributed by atoms with van der Waals surface area (Å²) in [5.41, 5.74) is 2.48. The van der Waals surface area contributed by atoms with Gasteiger partial charge in [0.2, 0.25) is 0 Å². The Hall–Kier alpha value is -0.690. The minimum atomic E-state index is 1.20. The normalized spacial score (nSPS) is 10.6. The van der Waals surface area contributed by atoms with E-state index in [4.69, 9.17) is 0 Å². The Kier molecular flexibility index (Phi) is 2.57. The average molecular weight is 150 g/mol. The molecule has 1 aromatic rings. The molecule has 0 N–H and O–H groups in total. The lowest BCUT2D eigenvalue weighted by molar-refractivity contribution is 1.46. The fraction of sp³-hybridized carbons (Fsp3) is 0.111. The lowest BCUT2D eigenvalue weighted by atomic mass is 10.2. The summed E-state index contributed by atoms with van der Waals surface area (Å²) < 4.78 is 0. The first-order valence-corrected chi connectivity index (χ1v) is 3.72. The van der Waals surface area contributed by atoms with Gasteiger partial charge in [0.15, 0.2) is 0 Å². The maximum absolute atomic E-state index is 3.98. The maximum Gasteiger partial charge on any atom is -0.0251 e. The fourth-order valence-corrected chi connectivity index (χ4v) is 0.936. The second-order valence-corrected chi connectivity index (χ2v) is 2.52. The van der Waals surface area contributed by atoms with Crippen molar-refractivity contribution in [1.29, 1.82) is 0 Å². The van der Waals surface area contributed by atoms with Gasteiger partial charge in [-0.15, -0.1) is 0 Å². The minimum Gasteiger partial charge on any atom is -0.151 e. The van der Waals surface area contributed by atoms with E-state index in [0.29, 0.717) is 0 Å². The van der Waals surface area contributed by atoms with E-state index in [0.717, 1.165) is 0 Å². The molecule has 0 heterocycles. The predicted molar refractivity (Wildman–Crippen MR) is 49.2 cm³/mol. The quantitative estimate of drug-likeness (QED) is 0.585. The highest BCUT2D eigenvalue weighted by Crippen LogP contribution is 2.04. The molecule has 0 aromatic heterocycles. The van der Waals surface area contributed by atoms with Crippen molar-refractivity contribution < 1.29 is 0 Å². The van der Waals surface area contributed by atoms with Gasteiger partial charge < -0.3 is 0 Å². The van der Waals surface area contributed by atoms with Crippen LogP contribution in [0.3, 0.4) is 0 Å². The summed E-state index contributed by atoms with van der Waals surface area (Å²) in [5, 5.41) is 1.74. The molecule has 0 nitrogen and oxygen atoms in total. The van der Waals surface area contributed by atoms with Crippen LogP contribution in [0.4, 0.5) is 0 Å². The molecule has 0 aliphatic carbocycles. The molecule has 10 heavy (non-hydrogen) atoms. The average Bonchev–Trinajstić information content (AvgIpc) is 1.95. The molecular weight excluding hydrogens is 140 g/mol. The van der Waals surface area contributed by atoms with Crippen LogP contribution in [0.25, 0.3) is 6.08 Å². The summed E-state index contributed by atoms with van der Waals surface area (Å²) >= 11 is 3.98. The predicted octanol–water partition coefficient (Wildman–Crippen LogP) is 2.90. The number of thiol groups is 1. The molecule has 0 amide bonds. The molecule has 0 unspecified atom stereocenters. The summed E-state index contributed by atoms with van der Waals surface area (Å²) in [6, 6.07) is 8.32. The summed E-state index contributed by atoms with van der Waals surface area (Å²) in [4.78, 5) is 0. The Bertz CT molecular complexity index is 221. The Morgan fingerprint density at radius 3 is 2.30 bits per heavy atom. The van der Waals surface area contributed by atoms with Crippen LogP contribution in [0, 0.1) is 6.92 Å². The van der Waals surface area contributed by atoms with Gasteiger partial charge in [-0.1, -0.05) is 29.8 Å². The summed E-state index contributed by atoms with van der Waals surface area (Å²) in [6.07, 6.45) is 1.96. The molecule has 1 heteroatoms. The van der Waals surface area contributed by atoms with Crippen LogP contribution in [0.15, 0.2) is 29.7 Å². The summed E-state index contributed by atoms with van der Waals surface area (Å²) in [6.45, 7) is 2.08. The van der Waals surface area contributed by atoms with Crippen molar-refractivity contribution in [3.63, 3.8) is 0 Å². The smallest absolute Gasteiger partial charge is 0.0251 e. The molecule has 1 rings (SSSR count). The van der Waals surface area contributed by atoms with Gasteiger partial charge in [-0.05, 0) is 24.0 Å². The third-order valence-corrected chi connectivity index (χ3v) is 1.49. The Morgan fingerprint density at radius 1 is 1.20 bits per heavy atom. The topological polar surface area (TPSA) is 0 Å². The summed E-state index contributed by atoms with van der Waals surface area (Å²) in [5.74, 6) is 0. The molecule has 52 valence electrons. The van der Waals surface area contributed by atoms with Gasteiger partial charge in [0.05, 0.1) is 0 Å². The molecule has 0 spiro atoms. The number of rotatable bonds is 1. The Morgan fingerprint density at radius 2 is 1.80 bits per heavy atom. The molecule has 1 aromatic carbocycles. The van der Waals surface area contributed by atoms with E-state index in [1.807, 2.05) is 6.08 Å². The first-order chi connectivity index (χ1) is 4.83. The van der Waals surface area contributed by atoms with Gasteiger partial charge in [-0.2, -0.15) is 12.6 Å². The van der Waals surface area contributed by atoms with Crippen molar-refractivity contribution in [2.75, 3.05) is 0 Å². The zero-order valence-electron chi connectivity index (χ0n) is 5.91. The highest BCUT2D eigenvalue weighted by Gasteiger charge is 1.83. The second kappa shape index (κ2) is 3.47. The molecule has 0 aliphatic heterocycles. The zero-order valence-corrected chi connectivity index (χ0v) is 6.81. The largest absolute Gasteiger partial charge is 0.151 e.